The van der Waals surface area contributed by atoms with Crippen LogP contribution in [0, 0.1) is 0 Å². The smallest absolute Gasteiger partial charge is 0.255 e. The normalized spacial score (nSPS) is 10.6. The van der Waals surface area contributed by atoms with Gasteiger partial charge in [0.15, 0.2) is 0 Å². The van der Waals surface area contributed by atoms with Crippen LogP contribution < -0.4 is 25.4 Å². The minimum atomic E-state index is -0.255. The molecule has 8 nitrogen and oxygen atoms in total. The first kappa shape index (κ1) is 22.7. The lowest BCUT2D eigenvalue weighted by Crippen LogP contribution is -2.23. The van der Waals surface area contributed by atoms with Gasteiger partial charge < -0.3 is 24.9 Å². The summed E-state index contributed by atoms with van der Waals surface area (Å²) in [5.41, 5.74) is 8.08. The lowest BCUT2D eigenvalue weighted by molar-refractivity contribution is -0.107. The highest BCUT2D eigenvalue weighted by Gasteiger charge is 2.12. The molecule has 0 aliphatic heterocycles. The Morgan fingerprint density at radius 3 is 2.56 bits per heavy atom. The molecule has 3 aromatic carbocycles. The van der Waals surface area contributed by atoms with E-state index in [4.69, 9.17) is 19.6 Å². The predicted molar refractivity (Wildman–Crippen MR) is 132 cm³/mol. The summed E-state index contributed by atoms with van der Waals surface area (Å²) >= 11 is 0. The maximum Gasteiger partial charge on any atom is 0.255 e. The quantitative estimate of drug-likeness (QED) is 0.202. The maximum atomic E-state index is 12.4. The number of nitrogens with two attached hydrogens (primary N) is 1. The van der Waals surface area contributed by atoms with Crippen molar-refractivity contribution in [1.82, 2.24) is 0 Å². The van der Waals surface area contributed by atoms with Crippen molar-refractivity contribution in [2.45, 2.75) is 6.42 Å². The second kappa shape index (κ2) is 10.4. The Hall–Kier alpha value is -4.46. The third kappa shape index (κ3) is 5.29. The first-order chi connectivity index (χ1) is 16.6. The number of nitrogens with one attached hydrogen (secondary N) is 1. The SMILES string of the molecule is COc1ccc2cc(N(C=O)CCCOc3ccc(C(=O)Nc4ccccc4N)cc3)oc2c1. The van der Waals surface area contributed by atoms with Crippen LogP contribution in [-0.2, 0) is 4.79 Å². The molecule has 3 N–H and O–H groups in total. The number of ether oxygens (including phenoxy) is 2. The van der Waals surface area contributed by atoms with Crippen molar-refractivity contribution in [3.63, 3.8) is 0 Å². The number of nitrogens with zero attached hydrogens (tertiary/aromatic N) is 1. The summed E-state index contributed by atoms with van der Waals surface area (Å²) in [6.07, 6.45) is 1.33. The average molecular weight is 460 g/mol. The van der Waals surface area contributed by atoms with E-state index >= 15 is 0 Å². The fourth-order valence-corrected chi connectivity index (χ4v) is 3.41. The molecule has 4 rings (SSSR count). The van der Waals surface area contributed by atoms with Crippen molar-refractivity contribution in [2.24, 2.45) is 0 Å². The minimum Gasteiger partial charge on any atom is -0.497 e. The van der Waals surface area contributed by atoms with E-state index < -0.39 is 0 Å². The largest absolute Gasteiger partial charge is 0.497 e. The number of carbonyl (C=O) groups excluding carboxylic acids is 2. The molecular formula is C26H25N3O5. The Morgan fingerprint density at radius 1 is 1.06 bits per heavy atom. The lowest BCUT2D eigenvalue weighted by atomic mass is 10.2. The molecule has 8 heteroatoms. The summed E-state index contributed by atoms with van der Waals surface area (Å²) in [6.45, 7) is 0.823. The van der Waals surface area contributed by atoms with Crippen LogP contribution in [0.15, 0.2) is 77.2 Å². The molecule has 0 spiro atoms. The Bertz CT molecular complexity index is 1280. The van der Waals surface area contributed by atoms with Gasteiger partial charge in [-0.25, -0.2) is 0 Å². The summed E-state index contributed by atoms with van der Waals surface area (Å²) in [4.78, 5) is 25.5. The van der Waals surface area contributed by atoms with Gasteiger partial charge in [0, 0.05) is 29.6 Å². The van der Waals surface area contributed by atoms with Gasteiger partial charge in [0.25, 0.3) is 5.91 Å². The Balaban J connectivity index is 1.28. The standard InChI is InChI=1S/C26H25N3O5/c1-32-21-12-9-19-15-25(34-24(19)16-21)29(17-30)13-4-14-33-20-10-7-18(8-11-20)26(31)28-23-6-3-2-5-22(23)27/h2-3,5-12,15-17H,4,13-14,27H2,1H3,(H,28,31). The third-order valence-electron chi connectivity index (χ3n) is 5.26. The number of para-hydroxylation sites is 2. The number of amides is 2. The van der Waals surface area contributed by atoms with Crippen LogP contribution in [-0.4, -0.2) is 32.6 Å². The zero-order chi connectivity index (χ0) is 23.9. The third-order valence-corrected chi connectivity index (χ3v) is 5.26. The second-order valence-corrected chi connectivity index (χ2v) is 7.55. The monoisotopic (exact) mass is 459 g/mol. The van der Waals surface area contributed by atoms with Gasteiger partial charge in [-0.05, 0) is 55.0 Å². The van der Waals surface area contributed by atoms with Crippen LogP contribution in [0.25, 0.3) is 11.0 Å². The fraction of sp³-hybridized carbons (Fsp3) is 0.154. The lowest BCUT2D eigenvalue weighted by Gasteiger charge is -2.14. The van der Waals surface area contributed by atoms with Crippen LogP contribution in [0.2, 0.25) is 0 Å². The Morgan fingerprint density at radius 2 is 1.82 bits per heavy atom. The predicted octanol–water partition coefficient (Wildman–Crippen LogP) is 4.71. The number of carbonyl (C=O) groups is 2. The van der Waals surface area contributed by atoms with Gasteiger partial charge in [-0.15, -0.1) is 0 Å². The molecule has 0 aliphatic rings. The Labute approximate surface area is 196 Å². The molecule has 174 valence electrons. The summed E-state index contributed by atoms with van der Waals surface area (Å²) in [7, 11) is 1.59. The van der Waals surface area contributed by atoms with Crippen LogP contribution in [0.3, 0.4) is 0 Å². The maximum absolute atomic E-state index is 12.4. The average Bonchev–Trinajstić information content (AvgIpc) is 3.28. The molecular weight excluding hydrogens is 434 g/mol. The highest BCUT2D eigenvalue weighted by molar-refractivity contribution is 6.05. The van der Waals surface area contributed by atoms with E-state index in [1.165, 1.54) is 4.90 Å². The van der Waals surface area contributed by atoms with Gasteiger partial charge in [-0.2, -0.15) is 0 Å². The summed E-state index contributed by atoms with van der Waals surface area (Å²) in [5.74, 6) is 1.53. The number of methoxy groups -OCH3 is 1. The molecule has 0 bridgehead atoms. The number of benzene rings is 3. The van der Waals surface area contributed by atoms with E-state index in [2.05, 4.69) is 5.32 Å². The number of fused-ring (bicyclic) bond motifs is 1. The minimum absolute atomic E-state index is 0.255. The second-order valence-electron chi connectivity index (χ2n) is 7.55. The first-order valence-electron chi connectivity index (χ1n) is 10.8. The molecule has 0 saturated carbocycles. The topological polar surface area (TPSA) is 107 Å². The number of hydrogen-bond acceptors (Lipinski definition) is 6. The van der Waals surface area contributed by atoms with Gasteiger partial charge in [-0.1, -0.05) is 12.1 Å². The van der Waals surface area contributed by atoms with Crippen molar-refractivity contribution in [3.8, 4) is 11.5 Å². The molecule has 34 heavy (non-hydrogen) atoms. The molecule has 0 unspecified atom stereocenters. The van der Waals surface area contributed by atoms with E-state index in [-0.39, 0.29) is 5.91 Å². The van der Waals surface area contributed by atoms with Crippen LogP contribution >= 0.6 is 0 Å². The highest BCUT2D eigenvalue weighted by Crippen LogP contribution is 2.28. The zero-order valence-corrected chi connectivity index (χ0v) is 18.7. The molecule has 0 atom stereocenters. The Kier molecular flexibility index (Phi) is 6.98. The molecule has 1 aromatic heterocycles. The molecule has 4 aromatic rings. The summed E-state index contributed by atoms with van der Waals surface area (Å²) < 4.78 is 16.8. The van der Waals surface area contributed by atoms with Gasteiger partial charge in [0.05, 0.1) is 25.1 Å². The number of nitrogen functional groups attached to an aromatic ring is 1. The molecule has 0 aliphatic carbocycles. The van der Waals surface area contributed by atoms with Crippen molar-refractivity contribution >= 4 is 40.5 Å². The van der Waals surface area contributed by atoms with Gasteiger partial charge >= 0.3 is 0 Å². The van der Waals surface area contributed by atoms with Crippen LogP contribution in [0.1, 0.15) is 16.8 Å². The van der Waals surface area contributed by atoms with Crippen LogP contribution in [0.4, 0.5) is 17.3 Å². The summed E-state index contributed by atoms with van der Waals surface area (Å²) in [6, 6.07) is 21.2. The molecule has 2 amide bonds. The summed E-state index contributed by atoms with van der Waals surface area (Å²) in [5, 5.41) is 3.68. The van der Waals surface area contributed by atoms with E-state index in [0.29, 0.717) is 59.5 Å². The van der Waals surface area contributed by atoms with E-state index in [9.17, 15) is 9.59 Å². The molecule has 0 radical (unpaired) electrons. The van der Waals surface area contributed by atoms with Crippen molar-refractivity contribution < 1.29 is 23.5 Å². The van der Waals surface area contributed by atoms with Gasteiger partial charge in [0.1, 0.15) is 17.1 Å². The first-order valence-corrected chi connectivity index (χ1v) is 10.8. The number of hydrogen-bond donors (Lipinski definition) is 2. The fourth-order valence-electron chi connectivity index (χ4n) is 3.41. The number of furan rings is 1. The highest BCUT2D eigenvalue weighted by atomic mass is 16.5. The van der Waals surface area contributed by atoms with Crippen molar-refractivity contribution in [2.75, 3.05) is 36.2 Å². The number of anilines is 3. The zero-order valence-electron chi connectivity index (χ0n) is 18.7. The van der Waals surface area contributed by atoms with Crippen LogP contribution in [0.5, 0.6) is 11.5 Å². The van der Waals surface area contributed by atoms with E-state index in [0.717, 1.165) is 11.8 Å². The number of rotatable bonds is 10. The van der Waals surface area contributed by atoms with Crippen molar-refractivity contribution in [3.05, 3.63) is 78.4 Å². The molecule has 0 fully saturated rings. The van der Waals surface area contributed by atoms with Gasteiger partial charge in [0.2, 0.25) is 12.3 Å². The van der Waals surface area contributed by atoms with E-state index in [1.54, 1.807) is 61.7 Å². The van der Waals surface area contributed by atoms with Gasteiger partial charge in [-0.3, -0.25) is 14.5 Å². The molecule has 0 saturated heterocycles. The van der Waals surface area contributed by atoms with Crippen molar-refractivity contribution in [1.29, 1.82) is 0 Å². The molecule has 1 heterocycles. The van der Waals surface area contributed by atoms with E-state index in [1.807, 2.05) is 18.2 Å².